The van der Waals surface area contributed by atoms with Gasteiger partial charge in [0.1, 0.15) is 0 Å². The number of fused-ring (bicyclic) bond motifs is 1. The summed E-state index contributed by atoms with van der Waals surface area (Å²) in [7, 11) is 3.75. The number of guanidine groups is 1. The Bertz CT molecular complexity index is 921. The maximum absolute atomic E-state index is 4.49. The van der Waals surface area contributed by atoms with Gasteiger partial charge in [0.15, 0.2) is 17.4 Å². The highest BCUT2D eigenvalue weighted by molar-refractivity contribution is 5.79. The van der Waals surface area contributed by atoms with E-state index in [4.69, 9.17) is 0 Å². The Labute approximate surface area is 153 Å². The molecule has 0 aliphatic heterocycles. The average Bonchev–Trinajstić information content (AvgIpc) is 3.15. The number of aryl methyl sites for hydroxylation is 2. The smallest absolute Gasteiger partial charge is 0.191 e. The molecule has 0 bridgehead atoms. The second-order valence-corrected chi connectivity index (χ2v) is 6.49. The summed E-state index contributed by atoms with van der Waals surface area (Å²) in [5.74, 6) is 1.58. The van der Waals surface area contributed by atoms with Crippen LogP contribution in [0, 0.1) is 13.8 Å². The molecule has 0 saturated carbocycles. The number of hydrogen-bond donors (Lipinski definition) is 2. The maximum Gasteiger partial charge on any atom is 0.191 e. The Morgan fingerprint density at radius 3 is 2.77 bits per heavy atom. The summed E-state index contributed by atoms with van der Waals surface area (Å²) in [5.41, 5.74) is 4.40. The first kappa shape index (κ1) is 17.9. The molecule has 0 aromatic carbocycles. The van der Waals surface area contributed by atoms with Gasteiger partial charge in [0, 0.05) is 32.0 Å². The lowest BCUT2D eigenvalue weighted by Crippen LogP contribution is -2.43. The Morgan fingerprint density at radius 1 is 1.27 bits per heavy atom. The fourth-order valence-corrected chi connectivity index (χ4v) is 3.07. The molecule has 0 fully saturated rings. The average molecular weight is 354 g/mol. The van der Waals surface area contributed by atoms with E-state index in [1.165, 1.54) is 11.3 Å². The highest BCUT2D eigenvalue weighted by Gasteiger charge is 2.14. The third-order valence-corrected chi connectivity index (χ3v) is 4.57. The first-order chi connectivity index (χ1) is 12.5. The molecular weight excluding hydrogens is 328 g/mol. The lowest BCUT2D eigenvalue weighted by Gasteiger charge is -2.18. The van der Waals surface area contributed by atoms with Crippen molar-refractivity contribution >= 4 is 11.6 Å². The molecule has 0 aliphatic carbocycles. The zero-order chi connectivity index (χ0) is 18.7. The van der Waals surface area contributed by atoms with Crippen LogP contribution in [0.5, 0.6) is 0 Å². The van der Waals surface area contributed by atoms with E-state index in [0.717, 1.165) is 29.5 Å². The van der Waals surface area contributed by atoms with Crippen molar-refractivity contribution in [1.29, 1.82) is 0 Å². The molecule has 0 spiro atoms. The summed E-state index contributed by atoms with van der Waals surface area (Å²) in [6, 6.07) is 6.07. The summed E-state index contributed by atoms with van der Waals surface area (Å²) in [5, 5.41) is 19.6. The summed E-state index contributed by atoms with van der Waals surface area (Å²) in [4.78, 5) is 4.32. The predicted octanol–water partition coefficient (Wildman–Crippen LogP) is 1.38. The van der Waals surface area contributed by atoms with Crippen molar-refractivity contribution in [3.05, 3.63) is 47.2 Å². The Kier molecular flexibility index (Phi) is 5.20. The van der Waals surface area contributed by atoms with Gasteiger partial charge in [-0.2, -0.15) is 5.10 Å². The molecule has 3 heterocycles. The first-order valence-electron chi connectivity index (χ1n) is 8.74. The number of aromatic nitrogens is 5. The van der Waals surface area contributed by atoms with Gasteiger partial charge in [-0.05, 0) is 44.9 Å². The molecule has 8 nitrogen and oxygen atoms in total. The molecule has 3 aromatic heterocycles. The third-order valence-electron chi connectivity index (χ3n) is 4.57. The largest absolute Gasteiger partial charge is 0.354 e. The molecule has 8 heteroatoms. The molecule has 1 unspecified atom stereocenters. The molecule has 0 saturated heterocycles. The van der Waals surface area contributed by atoms with Gasteiger partial charge in [0.2, 0.25) is 0 Å². The van der Waals surface area contributed by atoms with Crippen molar-refractivity contribution in [3.8, 4) is 0 Å². The Hall–Kier alpha value is -2.90. The van der Waals surface area contributed by atoms with Gasteiger partial charge in [0.25, 0.3) is 0 Å². The number of pyridine rings is 1. The summed E-state index contributed by atoms with van der Waals surface area (Å²) in [6.45, 7) is 6.85. The summed E-state index contributed by atoms with van der Waals surface area (Å²) < 4.78 is 3.90. The molecule has 138 valence electrons. The van der Waals surface area contributed by atoms with Crippen LogP contribution in [-0.2, 0) is 20.0 Å². The van der Waals surface area contributed by atoms with E-state index < -0.39 is 0 Å². The quantitative estimate of drug-likeness (QED) is 0.534. The van der Waals surface area contributed by atoms with Crippen LogP contribution in [0.3, 0.4) is 0 Å². The van der Waals surface area contributed by atoms with Crippen molar-refractivity contribution < 1.29 is 0 Å². The predicted molar refractivity (Wildman–Crippen MR) is 102 cm³/mol. The van der Waals surface area contributed by atoms with Crippen molar-refractivity contribution in [2.24, 2.45) is 12.0 Å². The van der Waals surface area contributed by atoms with Gasteiger partial charge in [-0.1, -0.05) is 6.07 Å². The standard InChI is InChI=1S/C18H26N8/c1-12(10-15-13(2)24-25(5)14(15)3)21-18(19-4)20-11-17-23-22-16-8-6-7-9-26(16)17/h6-9,12H,10-11H2,1-5H3,(H2,19,20,21). The minimum absolute atomic E-state index is 0.220. The second kappa shape index (κ2) is 7.55. The van der Waals surface area contributed by atoms with Gasteiger partial charge in [-0.3, -0.25) is 14.1 Å². The van der Waals surface area contributed by atoms with Crippen LogP contribution in [0.4, 0.5) is 0 Å². The molecule has 26 heavy (non-hydrogen) atoms. The van der Waals surface area contributed by atoms with Crippen molar-refractivity contribution in [1.82, 2.24) is 35.0 Å². The minimum atomic E-state index is 0.220. The van der Waals surface area contributed by atoms with Gasteiger partial charge < -0.3 is 10.6 Å². The second-order valence-electron chi connectivity index (χ2n) is 6.49. The molecule has 3 rings (SSSR count). The number of hydrogen-bond acceptors (Lipinski definition) is 4. The molecule has 0 amide bonds. The van der Waals surface area contributed by atoms with E-state index in [9.17, 15) is 0 Å². The lowest BCUT2D eigenvalue weighted by atomic mass is 10.1. The molecule has 0 aliphatic rings. The SMILES string of the molecule is CN=C(NCc1nnc2ccccn12)NC(C)Cc1c(C)nn(C)c1C. The minimum Gasteiger partial charge on any atom is -0.354 e. The molecule has 2 N–H and O–H groups in total. The summed E-state index contributed by atoms with van der Waals surface area (Å²) in [6.07, 6.45) is 2.85. The zero-order valence-corrected chi connectivity index (χ0v) is 16.0. The Morgan fingerprint density at radius 2 is 2.08 bits per heavy atom. The van der Waals surface area contributed by atoms with E-state index in [-0.39, 0.29) is 6.04 Å². The van der Waals surface area contributed by atoms with E-state index in [1.54, 1.807) is 7.05 Å². The molecular formula is C18H26N8. The third kappa shape index (κ3) is 3.68. The van der Waals surface area contributed by atoms with Crippen molar-refractivity contribution in [3.63, 3.8) is 0 Å². The van der Waals surface area contributed by atoms with Crippen molar-refractivity contribution in [2.45, 2.75) is 39.8 Å². The highest BCUT2D eigenvalue weighted by atomic mass is 15.3. The van der Waals surface area contributed by atoms with Crippen LogP contribution in [0.25, 0.3) is 5.65 Å². The first-order valence-corrected chi connectivity index (χ1v) is 8.74. The number of aliphatic imine (C=N–C) groups is 1. The molecule has 0 radical (unpaired) electrons. The lowest BCUT2D eigenvalue weighted by molar-refractivity contribution is 0.631. The molecule has 3 aromatic rings. The van der Waals surface area contributed by atoms with Crippen LogP contribution in [-0.4, -0.2) is 43.4 Å². The van der Waals surface area contributed by atoms with Crippen LogP contribution >= 0.6 is 0 Å². The van der Waals surface area contributed by atoms with Crippen LogP contribution in [0.2, 0.25) is 0 Å². The van der Waals surface area contributed by atoms with Crippen LogP contribution in [0.1, 0.15) is 29.7 Å². The fourth-order valence-electron chi connectivity index (χ4n) is 3.07. The van der Waals surface area contributed by atoms with Gasteiger partial charge in [-0.25, -0.2) is 0 Å². The fraction of sp³-hybridized carbons (Fsp3) is 0.444. The van der Waals surface area contributed by atoms with E-state index >= 15 is 0 Å². The summed E-state index contributed by atoms with van der Waals surface area (Å²) >= 11 is 0. The van der Waals surface area contributed by atoms with Crippen LogP contribution < -0.4 is 10.6 Å². The van der Waals surface area contributed by atoms with E-state index in [0.29, 0.717) is 6.54 Å². The van der Waals surface area contributed by atoms with Gasteiger partial charge in [-0.15, -0.1) is 10.2 Å². The van der Waals surface area contributed by atoms with Crippen molar-refractivity contribution in [2.75, 3.05) is 7.05 Å². The number of nitrogens with one attached hydrogen (secondary N) is 2. The number of rotatable bonds is 5. The number of nitrogens with zero attached hydrogens (tertiary/aromatic N) is 6. The normalized spacial score (nSPS) is 13.2. The maximum atomic E-state index is 4.49. The van der Waals surface area contributed by atoms with Crippen LogP contribution in [0.15, 0.2) is 29.4 Å². The zero-order valence-electron chi connectivity index (χ0n) is 16.0. The van der Waals surface area contributed by atoms with Gasteiger partial charge >= 0.3 is 0 Å². The highest BCUT2D eigenvalue weighted by Crippen LogP contribution is 2.14. The topological polar surface area (TPSA) is 84.4 Å². The molecule has 1 atom stereocenters. The Balaban J connectivity index is 1.61. The van der Waals surface area contributed by atoms with Gasteiger partial charge in [0.05, 0.1) is 12.2 Å². The van der Waals surface area contributed by atoms with E-state index in [2.05, 4.69) is 51.7 Å². The van der Waals surface area contributed by atoms with E-state index in [1.807, 2.05) is 40.5 Å². The monoisotopic (exact) mass is 354 g/mol.